The molecular formula is C9H11N3O3S. The van der Waals surface area contributed by atoms with Crippen LogP contribution in [0.2, 0.25) is 0 Å². The highest BCUT2D eigenvalue weighted by molar-refractivity contribution is 7.07. The molecule has 1 aromatic heterocycles. The van der Waals surface area contributed by atoms with E-state index in [-0.39, 0.29) is 11.8 Å². The molecule has 1 aliphatic rings. The monoisotopic (exact) mass is 241 g/mol. The number of amides is 1. The van der Waals surface area contributed by atoms with Crippen molar-refractivity contribution in [1.29, 1.82) is 0 Å². The lowest BCUT2D eigenvalue weighted by Gasteiger charge is -2.22. The third-order valence-corrected chi connectivity index (χ3v) is 3.44. The summed E-state index contributed by atoms with van der Waals surface area (Å²) in [6, 6.07) is -0.727. The maximum absolute atomic E-state index is 12.0. The van der Waals surface area contributed by atoms with Gasteiger partial charge in [0, 0.05) is 6.54 Å². The highest BCUT2D eigenvalue weighted by atomic mass is 32.1. The number of hydrogen-bond acceptors (Lipinski definition) is 5. The summed E-state index contributed by atoms with van der Waals surface area (Å²) in [6.07, 6.45) is 2.09. The summed E-state index contributed by atoms with van der Waals surface area (Å²) in [4.78, 5) is 24.8. The van der Waals surface area contributed by atoms with Gasteiger partial charge in [0.2, 0.25) is 0 Å². The molecule has 1 saturated heterocycles. The zero-order valence-corrected chi connectivity index (χ0v) is 9.48. The van der Waals surface area contributed by atoms with E-state index in [0.29, 0.717) is 11.4 Å². The Balaban J connectivity index is 2.21. The van der Waals surface area contributed by atoms with Gasteiger partial charge < -0.3 is 10.0 Å². The van der Waals surface area contributed by atoms with Gasteiger partial charge in [-0.1, -0.05) is 11.4 Å². The van der Waals surface area contributed by atoms with Gasteiger partial charge in [0.25, 0.3) is 5.91 Å². The van der Waals surface area contributed by atoms with Crippen molar-refractivity contribution in [2.24, 2.45) is 5.92 Å². The van der Waals surface area contributed by atoms with Gasteiger partial charge in [0.15, 0.2) is 0 Å². The lowest BCUT2D eigenvalue weighted by Crippen LogP contribution is -2.42. The Bertz CT molecular complexity index is 406. The van der Waals surface area contributed by atoms with Crippen LogP contribution in [0.4, 0.5) is 0 Å². The number of carboxylic acids is 1. The first kappa shape index (κ1) is 11.0. The maximum atomic E-state index is 12.0. The van der Waals surface area contributed by atoms with Crippen molar-refractivity contribution in [2.45, 2.75) is 19.4 Å². The third-order valence-electron chi connectivity index (χ3n) is 2.79. The minimum absolute atomic E-state index is 0.0117. The number of carbonyl (C=O) groups excluding carboxylic acids is 1. The molecule has 2 heterocycles. The Kier molecular flexibility index (Phi) is 2.86. The summed E-state index contributed by atoms with van der Waals surface area (Å²) in [5, 5.41) is 12.7. The molecule has 1 aromatic rings. The molecule has 0 aliphatic carbocycles. The van der Waals surface area contributed by atoms with Gasteiger partial charge in [-0.15, -0.1) is 5.10 Å². The Labute approximate surface area is 96.0 Å². The largest absolute Gasteiger partial charge is 0.480 e. The normalized spacial score (nSPS) is 24.7. The molecule has 2 unspecified atom stereocenters. The fourth-order valence-corrected chi connectivity index (χ4v) is 2.43. The second-order valence-corrected chi connectivity index (χ2v) is 4.62. The molecule has 0 bridgehead atoms. The molecular weight excluding hydrogens is 230 g/mol. The van der Waals surface area contributed by atoms with E-state index in [1.165, 1.54) is 11.1 Å². The number of carboxylic acid groups (broad SMARTS) is 1. The molecule has 0 saturated carbocycles. The number of nitrogens with zero attached hydrogens (tertiary/aromatic N) is 3. The number of carbonyl (C=O) groups is 2. The molecule has 0 spiro atoms. The van der Waals surface area contributed by atoms with E-state index in [0.717, 1.165) is 18.0 Å². The van der Waals surface area contributed by atoms with Crippen LogP contribution in [0.15, 0.2) is 6.20 Å². The lowest BCUT2D eigenvalue weighted by atomic mass is 10.0. The van der Waals surface area contributed by atoms with Gasteiger partial charge >= 0.3 is 5.97 Å². The fraction of sp³-hybridized carbons (Fsp3) is 0.556. The predicted molar refractivity (Wildman–Crippen MR) is 56.2 cm³/mol. The van der Waals surface area contributed by atoms with Crippen LogP contribution in [-0.2, 0) is 4.79 Å². The highest BCUT2D eigenvalue weighted by Crippen LogP contribution is 2.26. The molecule has 2 atom stereocenters. The van der Waals surface area contributed by atoms with Crippen LogP contribution in [0.1, 0.15) is 23.0 Å². The first-order valence-corrected chi connectivity index (χ1v) is 5.69. The van der Waals surface area contributed by atoms with E-state index >= 15 is 0 Å². The van der Waals surface area contributed by atoms with Gasteiger partial charge in [0.05, 0.1) is 6.20 Å². The van der Waals surface area contributed by atoms with E-state index < -0.39 is 12.0 Å². The number of hydrogen-bond donors (Lipinski definition) is 1. The summed E-state index contributed by atoms with van der Waals surface area (Å²) in [5.41, 5.74) is 0. The average Bonchev–Trinajstić information content (AvgIpc) is 2.84. The third kappa shape index (κ3) is 1.78. The quantitative estimate of drug-likeness (QED) is 0.813. The maximum Gasteiger partial charge on any atom is 0.326 e. The highest BCUT2D eigenvalue weighted by Gasteiger charge is 2.40. The Morgan fingerprint density at radius 2 is 2.38 bits per heavy atom. The van der Waals surface area contributed by atoms with Crippen molar-refractivity contribution in [1.82, 2.24) is 14.5 Å². The van der Waals surface area contributed by atoms with Crippen molar-refractivity contribution >= 4 is 23.4 Å². The first-order valence-electron chi connectivity index (χ1n) is 4.92. The van der Waals surface area contributed by atoms with Gasteiger partial charge in [-0.05, 0) is 23.9 Å². The van der Waals surface area contributed by atoms with Crippen molar-refractivity contribution in [3.05, 3.63) is 11.1 Å². The first-order chi connectivity index (χ1) is 7.61. The zero-order chi connectivity index (χ0) is 11.7. The second kappa shape index (κ2) is 4.17. The summed E-state index contributed by atoms with van der Waals surface area (Å²) in [7, 11) is 0. The molecule has 7 heteroatoms. The van der Waals surface area contributed by atoms with E-state index in [1.54, 1.807) is 0 Å². The summed E-state index contributed by atoms with van der Waals surface area (Å²) >= 11 is 0.988. The fourth-order valence-electron chi connectivity index (χ4n) is 1.95. The SMILES string of the molecule is CC1CCN(C(=O)c2cnns2)C1C(=O)O. The van der Waals surface area contributed by atoms with Gasteiger partial charge in [0.1, 0.15) is 10.9 Å². The van der Waals surface area contributed by atoms with Gasteiger partial charge in [-0.25, -0.2) is 4.79 Å². The van der Waals surface area contributed by atoms with Crippen molar-refractivity contribution in [3.63, 3.8) is 0 Å². The second-order valence-electron chi connectivity index (χ2n) is 3.83. The number of aromatic nitrogens is 2. The molecule has 86 valence electrons. The number of rotatable bonds is 2. The van der Waals surface area contributed by atoms with Crippen molar-refractivity contribution in [3.8, 4) is 0 Å². The van der Waals surface area contributed by atoms with E-state index in [1.807, 2.05) is 6.92 Å². The Morgan fingerprint density at radius 3 is 2.94 bits per heavy atom. The van der Waals surface area contributed by atoms with Crippen LogP contribution in [-0.4, -0.2) is 44.1 Å². The van der Waals surface area contributed by atoms with Crippen molar-refractivity contribution < 1.29 is 14.7 Å². The molecule has 16 heavy (non-hydrogen) atoms. The van der Waals surface area contributed by atoms with Crippen LogP contribution < -0.4 is 0 Å². The lowest BCUT2D eigenvalue weighted by molar-refractivity contribution is -0.142. The van der Waals surface area contributed by atoms with Crippen LogP contribution in [0.5, 0.6) is 0 Å². The smallest absolute Gasteiger partial charge is 0.326 e. The molecule has 0 radical (unpaired) electrons. The van der Waals surface area contributed by atoms with Gasteiger partial charge in [-0.3, -0.25) is 4.79 Å². The summed E-state index contributed by atoms with van der Waals surface area (Å²) < 4.78 is 3.60. The number of aliphatic carboxylic acids is 1. The molecule has 1 aliphatic heterocycles. The molecule has 2 rings (SSSR count). The average molecular weight is 241 g/mol. The van der Waals surface area contributed by atoms with Crippen LogP contribution in [0, 0.1) is 5.92 Å². The molecule has 0 aromatic carbocycles. The summed E-state index contributed by atoms with van der Waals surface area (Å²) in [5.74, 6) is -1.25. The minimum Gasteiger partial charge on any atom is -0.480 e. The minimum atomic E-state index is -0.948. The zero-order valence-electron chi connectivity index (χ0n) is 8.66. The van der Waals surface area contributed by atoms with Crippen LogP contribution in [0.3, 0.4) is 0 Å². The topological polar surface area (TPSA) is 83.4 Å². The van der Waals surface area contributed by atoms with Crippen LogP contribution in [0.25, 0.3) is 0 Å². The standard InChI is InChI=1S/C9H11N3O3S/c1-5-2-3-12(7(5)9(14)15)8(13)6-4-10-11-16-6/h4-5,7H,2-3H2,1H3,(H,14,15). The van der Waals surface area contributed by atoms with E-state index in [2.05, 4.69) is 9.59 Å². The van der Waals surface area contributed by atoms with Crippen LogP contribution >= 0.6 is 11.5 Å². The Morgan fingerprint density at radius 1 is 1.62 bits per heavy atom. The Hall–Kier alpha value is -1.50. The van der Waals surface area contributed by atoms with Crippen molar-refractivity contribution in [2.75, 3.05) is 6.54 Å². The van der Waals surface area contributed by atoms with E-state index in [4.69, 9.17) is 5.11 Å². The summed E-state index contributed by atoms with van der Waals surface area (Å²) in [6.45, 7) is 2.33. The van der Waals surface area contributed by atoms with Gasteiger partial charge in [-0.2, -0.15) is 0 Å². The molecule has 1 fully saturated rings. The predicted octanol–water partition coefficient (Wildman–Crippen LogP) is 0.473. The molecule has 1 amide bonds. The molecule has 1 N–H and O–H groups in total. The van der Waals surface area contributed by atoms with E-state index in [9.17, 15) is 9.59 Å². The molecule has 6 nitrogen and oxygen atoms in total. The number of likely N-dealkylation sites (tertiary alicyclic amines) is 1.